The number of carbonyl (C=O) groups excluding carboxylic acids is 3. The maximum absolute atomic E-state index is 13.6. The van der Waals surface area contributed by atoms with Crippen LogP contribution in [0.3, 0.4) is 0 Å². The van der Waals surface area contributed by atoms with Crippen LogP contribution < -0.4 is 22.2 Å². The standard InChI is InChI=1S/C26H45BN6O7/c1-15(2)11-21(27-39-20-14-17-13-19(25(17,3)4)26(20,5)40-27)31-23(36)16(12-18(34)8-9-22(28)35)7-6-10-30-24(29)32-33(37)38/h15-17,19-21H,6-14H2,1-5H3,(H2,28,35)(H,31,36)(H3,29,30,32)/t16-,17-,19-,20-,21+,26+/m1/s1. The molecule has 3 aliphatic carbocycles. The molecule has 1 saturated heterocycles. The van der Waals surface area contributed by atoms with Gasteiger partial charge in [-0.2, -0.15) is 0 Å². The van der Waals surface area contributed by atoms with E-state index in [4.69, 9.17) is 20.8 Å². The molecule has 14 heteroatoms. The molecule has 4 aliphatic rings. The van der Waals surface area contributed by atoms with Gasteiger partial charge in [0.15, 0.2) is 5.03 Å². The second-order valence-electron chi connectivity index (χ2n) is 12.8. The molecule has 1 heterocycles. The molecular weight excluding hydrogens is 519 g/mol. The molecule has 6 N–H and O–H groups in total. The smallest absolute Gasteiger partial charge is 0.404 e. The largest absolute Gasteiger partial charge is 0.481 e. The van der Waals surface area contributed by atoms with Gasteiger partial charge in [-0.15, -0.1) is 0 Å². The van der Waals surface area contributed by atoms with E-state index in [2.05, 4.69) is 44.9 Å². The SMILES string of the molecule is CC(C)C[C@H](NC(=O)[C@H](CCCN=C(N)N[N+](=O)[O-])CC(=O)CCC(N)=O)B1O[C@@H]2C[C@H]3C[C@H](C3(C)C)[C@]2(C)O1. The monoisotopic (exact) mass is 564 g/mol. The Kier molecular flexibility index (Phi) is 10.2. The average molecular weight is 564 g/mol. The Labute approximate surface area is 236 Å². The minimum absolute atomic E-state index is 0.0249. The number of Topliss-reactive ketones (excluding diaryl/α,β-unsaturated/α-hetero) is 1. The fourth-order valence-electron chi connectivity index (χ4n) is 6.75. The molecule has 0 aromatic carbocycles. The predicted molar refractivity (Wildman–Crippen MR) is 149 cm³/mol. The number of nitro groups is 1. The van der Waals surface area contributed by atoms with Crippen molar-refractivity contribution in [2.24, 2.45) is 45.5 Å². The second-order valence-corrected chi connectivity index (χ2v) is 12.8. The Morgan fingerprint density at radius 1 is 1.18 bits per heavy atom. The molecule has 224 valence electrons. The minimum Gasteiger partial charge on any atom is -0.404 e. The molecule has 0 radical (unpaired) electrons. The number of nitrogens with one attached hydrogen (secondary N) is 2. The van der Waals surface area contributed by atoms with Crippen molar-refractivity contribution < 1.29 is 28.7 Å². The van der Waals surface area contributed by atoms with Gasteiger partial charge < -0.3 is 26.1 Å². The fourth-order valence-corrected chi connectivity index (χ4v) is 6.75. The van der Waals surface area contributed by atoms with Crippen LogP contribution in [0.2, 0.25) is 0 Å². The summed E-state index contributed by atoms with van der Waals surface area (Å²) in [5.41, 5.74) is 12.2. The first-order chi connectivity index (χ1) is 18.6. The highest BCUT2D eigenvalue weighted by atomic mass is 16.7. The van der Waals surface area contributed by atoms with Crippen LogP contribution in [0.5, 0.6) is 0 Å². The van der Waals surface area contributed by atoms with Crippen molar-refractivity contribution in [3.05, 3.63) is 10.1 Å². The van der Waals surface area contributed by atoms with Crippen molar-refractivity contribution >= 4 is 30.7 Å². The lowest BCUT2D eigenvalue weighted by Gasteiger charge is -2.64. The Hall–Kier alpha value is -2.74. The summed E-state index contributed by atoms with van der Waals surface area (Å²) >= 11 is 0. The highest BCUT2D eigenvalue weighted by molar-refractivity contribution is 6.47. The van der Waals surface area contributed by atoms with Gasteiger partial charge in [-0.05, 0) is 62.2 Å². The first-order valence-electron chi connectivity index (χ1n) is 14.3. The summed E-state index contributed by atoms with van der Waals surface area (Å²) in [6, 6.07) is 0. The molecule has 4 rings (SSSR count). The molecule has 0 unspecified atom stereocenters. The molecule has 6 atom stereocenters. The van der Waals surface area contributed by atoms with Crippen molar-refractivity contribution in [2.75, 3.05) is 6.54 Å². The number of hydrogen-bond acceptors (Lipinski definition) is 8. The number of hydrogen-bond donors (Lipinski definition) is 4. The summed E-state index contributed by atoms with van der Waals surface area (Å²) in [6.45, 7) is 11.0. The number of hydrazine groups is 1. The highest BCUT2D eigenvalue weighted by Gasteiger charge is 2.68. The molecule has 0 spiro atoms. The molecule has 0 aromatic rings. The normalized spacial score (nSPS) is 28.3. The topological polar surface area (TPSA) is 201 Å². The number of ketones is 1. The van der Waals surface area contributed by atoms with Crippen LogP contribution >= 0.6 is 0 Å². The van der Waals surface area contributed by atoms with E-state index < -0.39 is 35.5 Å². The quantitative estimate of drug-likeness (QED) is 0.0568. The number of primary amides is 1. The number of aliphatic imine (C=N–C) groups is 1. The van der Waals surface area contributed by atoms with Crippen molar-refractivity contribution in [3.8, 4) is 0 Å². The summed E-state index contributed by atoms with van der Waals surface area (Å²) in [6.07, 6.45) is 3.13. The van der Waals surface area contributed by atoms with Crippen LogP contribution in [0.15, 0.2) is 4.99 Å². The summed E-state index contributed by atoms with van der Waals surface area (Å²) in [5.74, 6) is -1.34. The third-order valence-corrected chi connectivity index (χ3v) is 9.04. The van der Waals surface area contributed by atoms with Gasteiger partial charge in [0.25, 0.3) is 5.96 Å². The molecule has 13 nitrogen and oxygen atoms in total. The number of rotatable bonds is 15. The van der Waals surface area contributed by atoms with Gasteiger partial charge >= 0.3 is 7.12 Å². The summed E-state index contributed by atoms with van der Waals surface area (Å²) in [5, 5.41) is 12.8. The average Bonchev–Trinajstić information content (AvgIpc) is 3.20. The fraction of sp³-hybridized carbons (Fsp3) is 0.846. The van der Waals surface area contributed by atoms with Crippen molar-refractivity contribution in [1.29, 1.82) is 0 Å². The first kappa shape index (κ1) is 31.8. The van der Waals surface area contributed by atoms with E-state index in [-0.39, 0.29) is 60.9 Å². The van der Waals surface area contributed by atoms with E-state index in [1.54, 1.807) is 5.43 Å². The zero-order valence-electron chi connectivity index (χ0n) is 24.3. The summed E-state index contributed by atoms with van der Waals surface area (Å²) in [4.78, 5) is 51.7. The van der Waals surface area contributed by atoms with Gasteiger partial charge in [-0.1, -0.05) is 33.1 Å². The van der Waals surface area contributed by atoms with Gasteiger partial charge in [0.05, 0.1) is 17.6 Å². The van der Waals surface area contributed by atoms with Gasteiger partial charge in [-0.25, -0.2) is 15.1 Å². The third kappa shape index (κ3) is 7.51. The van der Waals surface area contributed by atoms with E-state index in [1.807, 2.05) is 0 Å². The summed E-state index contributed by atoms with van der Waals surface area (Å²) in [7, 11) is -0.597. The van der Waals surface area contributed by atoms with E-state index in [9.17, 15) is 24.5 Å². The minimum atomic E-state index is -0.810. The molecule has 4 fully saturated rings. The lowest BCUT2D eigenvalue weighted by molar-refractivity contribution is -0.525. The van der Waals surface area contributed by atoms with E-state index in [0.717, 1.165) is 12.8 Å². The van der Waals surface area contributed by atoms with Crippen LogP contribution in [0.4, 0.5) is 0 Å². The maximum atomic E-state index is 13.6. The van der Waals surface area contributed by atoms with Gasteiger partial charge in [-0.3, -0.25) is 14.4 Å². The van der Waals surface area contributed by atoms with Gasteiger partial charge in [0, 0.05) is 31.7 Å². The highest BCUT2D eigenvalue weighted by Crippen LogP contribution is 2.65. The first-order valence-corrected chi connectivity index (χ1v) is 14.3. The Balaban J connectivity index is 1.69. The second kappa shape index (κ2) is 12.8. The Morgan fingerprint density at radius 2 is 1.88 bits per heavy atom. The number of guanidine groups is 1. The maximum Gasteiger partial charge on any atom is 0.481 e. The number of nitrogens with zero attached hydrogens (tertiary/aromatic N) is 2. The van der Waals surface area contributed by atoms with E-state index in [0.29, 0.717) is 31.1 Å². The van der Waals surface area contributed by atoms with Crippen molar-refractivity contribution in [1.82, 2.24) is 10.7 Å². The number of amides is 2. The summed E-state index contributed by atoms with van der Waals surface area (Å²) < 4.78 is 13.1. The lowest BCUT2D eigenvalue weighted by atomic mass is 9.43. The molecule has 1 aliphatic heterocycles. The van der Waals surface area contributed by atoms with Crippen molar-refractivity contribution in [3.63, 3.8) is 0 Å². The van der Waals surface area contributed by atoms with Crippen LogP contribution in [-0.2, 0) is 23.7 Å². The molecule has 3 saturated carbocycles. The molecule has 2 bridgehead atoms. The zero-order chi connectivity index (χ0) is 29.8. The molecular formula is C26H45BN6O7. The van der Waals surface area contributed by atoms with Crippen LogP contribution in [0.25, 0.3) is 0 Å². The molecule has 0 aromatic heterocycles. The van der Waals surface area contributed by atoms with Crippen LogP contribution in [0, 0.1) is 39.2 Å². The zero-order valence-corrected chi connectivity index (χ0v) is 24.3. The van der Waals surface area contributed by atoms with E-state index in [1.165, 1.54) is 0 Å². The van der Waals surface area contributed by atoms with Gasteiger partial charge in [0.1, 0.15) is 5.78 Å². The van der Waals surface area contributed by atoms with Gasteiger partial charge in [0.2, 0.25) is 11.8 Å². The molecule has 40 heavy (non-hydrogen) atoms. The van der Waals surface area contributed by atoms with Crippen molar-refractivity contribution in [2.45, 2.75) is 104 Å². The number of carbonyl (C=O) groups is 3. The lowest BCUT2D eigenvalue weighted by Crippen LogP contribution is -2.65. The van der Waals surface area contributed by atoms with E-state index >= 15 is 0 Å². The third-order valence-electron chi connectivity index (χ3n) is 9.04. The molecule has 2 amide bonds. The number of nitrogens with two attached hydrogens (primary N) is 2. The Morgan fingerprint density at radius 3 is 2.48 bits per heavy atom. The van der Waals surface area contributed by atoms with Crippen LogP contribution in [0.1, 0.15) is 86.0 Å². The van der Waals surface area contributed by atoms with Crippen LogP contribution in [-0.4, -0.2) is 59.9 Å². The Bertz CT molecular complexity index is 1010. The predicted octanol–water partition coefficient (Wildman–Crippen LogP) is 1.50.